The van der Waals surface area contributed by atoms with E-state index in [0.717, 1.165) is 18.1 Å². The van der Waals surface area contributed by atoms with E-state index in [9.17, 15) is 5.11 Å². The molecular formula is C18H25N3OS. The van der Waals surface area contributed by atoms with Gasteiger partial charge in [0.05, 0.1) is 13.1 Å². The van der Waals surface area contributed by atoms with Crippen LogP contribution in [0.1, 0.15) is 29.9 Å². The predicted molar refractivity (Wildman–Crippen MR) is 97.9 cm³/mol. The average molecular weight is 331 g/mol. The van der Waals surface area contributed by atoms with E-state index in [4.69, 9.17) is 0 Å². The Kier molecular flexibility index (Phi) is 6.19. The molecule has 3 N–H and O–H groups in total. The Bertz CT molecular complexity index is 635. The summed E-state index contributed by atoms with van der Waals surface area (Å²) in [7, 11) is 0. The maximum atomic E-state index is 10.7. The van der Waals surface area contributed by atoms with Gasteiger partial charge in [0, 0.05) is 11.4 Å². The molecule has 0 fully saturated rings. The number of hydrogen-bond acceptors (Lipinski definition) is 3. The SMILES string of the molecule is CCNC(=NCc1sccc1C)NCC(C)(O)c1ccccc1. The van der Waals surface area contributed by atoms with E-state index in [-0.39, 0.29) is 0 Å². The molecule has 124 valence electrons. The van der Waals surface area contributed by atoms with Crippen LogP contribution >= 0.6 is 11.3 Å². The fraction of sp³-hybridized carbons (Fsp3) is 0.389. The van der Waals surface area contributed by atoms with Crippen LogP contribution in [0.25, 0.3) is 0 Å². The van der Waals surface area contributed by atoms with Crippen molar-refractivity contribution in [2.45, 2.75) is 32.9 Å². The van der Waals surface area contributed by atoms with Crippen LogP contribution in [0.3, 0.4) is 0 Å². The molecule has 0 aliphatic rings. The Morgan fingerprint density at radius 3 is 2.57 bits per heavy atom. The molecule has 5 heteroatoms. The number of guanidine groups is 1. The second-order valence-corrected chi connectivity index (χ2v) is 6.72. The second-order valence-electron chi connectivity index (χ2n) is 5.72. The molecule has 1 aromatic heterocycles. The number of aliphatic hydroxyl groups is 1. The van der Waals surface area contributed by atoms with E-state index in [1.54, 1.807) is 11.3 Å². The van der Waals surface area contributed by atoms with Gasteiger partial charge in [0.2, 0.25) is 0 Å². The molecule has 0 bridgehead atoms. The lowest BCUT2D eigenvalue weighted by molar-refractivity contribution is 0.0617. The van der Waals surface area contributed by atoms with Gasteiger partial charge in [-0.15, -0.1) is 11.3 Å². The van der Waals surface area contributed by atoms with Crippen LogP contribution < -0.4 is 10.6 Å². The molecule has 1 heterocycles. The van der Waals surface area contributed by atoms with E-state index >= 15 is 0 Å². The summed E-state index contributed by atoms with van der Waals surface area (Å²) in [6.45, 7) is 7.76. The highest BCUT2D eigenvalue weighted by molar-refractivity contribution is 7.10. The van der Waals surface area contributed by atoms with Crippen LogP contribution in [-0.4, -0.2) is 24.2 Å². The first-order chi connectivity index (χ1) is 11.0. The lowest BCUT2D eigenvalue weighted by atomic mass is 9.96. The van der Waals surface area contributed by atoms with Crippen molar-refractivity contribution in [2.75, 3.05) is 13.1 Å². The fourth-order valence-electron chi connectivity index (χ4n) is 2.21. The molecule has 1 atom stereocenters. The second kappa shape index (κ2) is 8.13. The maximum absolute atomic E-state index is 10.7. The Morgan fingerprint density at radius 2 is 1.96 bits per heavy atom. The van der Waals surface area contributed by atoms with Crippen LogP contribution in [-0.2, 0) is 12.1 Å². The van der Waals surface area contributed by atoms with Gasteiger partial charge in [-0.1, -0.05) is 30.3 Å². The molecule has 0 radical (unpaired) electrons. The standard InChI is InChI=1S/C18H25N3OS/c1-4-19-17(20-12-16-14(2)10-11-23-16)21-13-18(3,22)15-8-6-5-7-9-15/h5-11,22H,4,12-13H2,1-3H3,(H2,19,20,21). The fourth-order valence-corrected chi connectivity index (χ4v) is 3.04. The first kappa shape index (κ1) is 17.5. The minimum atomic E-state index is -0.948. The van der Waals surface area contributed by atoms with Crippen molar-refractivity contribution in [3.05, 3.63) is 57.8 Å². The van der Waals surface area contributed by atoms with Crippen LogP contribution in [0, 0.1) is 6.92 Å². The topological polar surface area (TPSA) is 56.7 Å². The molecular weight excluding hydrogens is 306 g/mol. The first-order valence-corrected chi connectivity index (χ1v) is 8.74. The monoisotopic (exact) mass is 331 g/mol. The summed E-state index contributed by atoms with van der Waals surface area (Å²) in [5.41, 5.74) is 1.21. The van der Waals surface area contributed by atoms with Gasteiger partial charge in [-0.3, -0.25) is 0 Å². The number of nitrogens with one attached hydrogen (secondary N) is 2. The third kappa shape index (κ3) is 5.08. The van der Waals surface area contributed by atoms with E-state index in [2.05, 4.69) is 34.0 Å². The van der Waals surface area contributed by atoms with Crippen molar-refractivity contribution in [3.8, 4) is 0 Å². The number of benzene rings is 1. The molecule has 2 rings (SSSR count). The predicted octanol–water partition coefficient (Wildman–Crippen LogP) is 3.02. The molecule has 0 saturated heterocycles. The Balaban J connectivity index is 2.00. The number of aryl methyl sites for hydroxylation is 1. The van der Waals surface area contributed by atoms with Crippen LogP contribution in [0.4, 0.5) is 0 Å². The van der Waals surface area contributed by atoms with Gasteiger partial charge >= 0.3 is 0 Å². The van der Waals surface area contributed by atoms with Crippen molar-refractivity contribution in [2.24, 2.45) is 4.99 Å². The zero-order chi connectivity index (χ0) is 16.7. The minimum absolute atomic E-state index is 0.395. The number of hydrogen-bond donors (Lipinski definition) is 3. The molecule has 0 aliphatic carbocycles. The number of rotatable bonds is 6. The average Bonchev–Trinajstić information content (AvgIpc) is 2.96. The number of nitrogens with zero attached hydrogens (tertiary/aromatic N) is 1. The van der Waals surface area contributed by atoms with Gasteiger partial charge in [0.25, 0.3) is 0 Å². The van der Waals surface area contributed by atoms with Crippen LogP contribution in [0.5, 0.6) is 0 Å². The van der Waals surface area contributed by atoms with Crippen molar-refractivity contribution in [1.29, 1.82) is 0 Å². The molecule has 2 aromatic rings. The van der Waals surface area contributed by atoms with Crippen molar-refractivity contribution in [1.82, 2.24) is 10.6 Å². The number of aliphatic imine (C=N–C) groups is 1. The highest BCUT2D eigenvalue weighted by Crippen LogP contribution is 2.19. The quantitative estimate of drug-likeness (QED) is 0.563. The van der Waals surface area contributed by atoms with Gasteiger partial charge in [0.1, 0.15) is 5.60 Å². The molecule has 1 unspecified atom stereocenters. The summed E-state index contributed by atoms with van der Waals surface area (Å²) in [4.78, 5) is 5.87. The molecule has 0 spiro atoms. The van der Waals surface area contributed by atoms with Gasteiger partial charge < -0.3 is 15.7 Å². The van der Waals surface area contributed by atoms with E-state index < -0.39 is 5.60 Å². The smallest absolute Gasteiger partial charge is 0.191 e. The first-order valence-electron chi connectivity index (χ1n) is 7.86. The summed E-state index contributed by atoms with van der Waals surface area (Å²) in [5, 5.41) is 19.2. The summed E-state index contributed by atoms with van der Waals surface area (Å²) >= 11 is 1.72. The third-order valence-electron chi connectivity index (χ3n) is 3.69. The maximum Gasteiger partial charge on any atom is 0.191 e. The summed E-state index contributed by atoms with van der Waals surface area (Å²) in [5.74, 6) is 0.719. The molecule has 23 heavy (non-hydrogen) atoms. The summed E-state index contributed by atoms with van der Waals surface area (Å²) < 4.78 is 0. The van der Waals surface area contributed by atoms with E-state index in [0.29, 0.717) is 13.1 Å². The van der Waals surface area contributed by atoms with E-state index in [1.165, 1.54) is 10.4 Å². The highest BCUT2D eigenvalue weighted by atomic mass is 32.1. The molecule has 0 amide bonds. The minimum Gasteiger partial charge on any atom is -0.384 e. The lowest BCUT2D eigenvalue weighted by Crippen LogP contribution is -2.44. The van der Waals surface area contributed by atoms with Gasteiger partial charge in [-0.25, -0.2) is 4.99 Å². The van der Waals surface area contributed by atoms with Gasteiger partial charge in [0.15, 0.2) is 5.96 Å². The Morgan fingerprint density at radius 1 is 1.22 bits per heavy atom. The van der Waals surface area contributed by atoms with Crippen molar-refractivity contribution >= 4 is 17.3 Å². The van der Waals surface area contributed by atoms with E-state index in [1.807, 2.05) is 44.2 Å². The molecule has 4 nitrogen and oxygen atoms in total. The van der Waals surface area contributed by atoms with Crippen molar-refractivity contribution in [3.63, 3.8) is 0 Å². The van der Waals surface area contributed by atoms with Crippen LogP contribution in [0.2, 0.25) is 0 Å². The zero-order valence-electron chi connectivity index (χ0n) is 14.0. The van der Waals surface area contributed by atoms with Gasteiger partial charge in [-0.2, -0.15) is 0 Å². The summed E-state index contributed by atoms with van der Waals surface area (Å²) in [6.07, 6.45) is 0. The zero-order valence-corrected chi connectivity index (χ0v) is 14.8. The van der Waals surface area contributed by atoms with Crippen LogP contribution in [0.15, 0.2) is 46.8 Å². The van der Waals surface area contributed by atoms with Crippen molar-refractivity contribution < 1.29 is 5.11 Å². The summed E-state index contributed by atoms with van der Waals surface area (Å²) in [6, 6.07) is 11.8. The third-order valence-corrected chi connectivity index (χ3v) is 4.70. The Hall–Kier alpha value is -1.85. The molecule has 0 saturated carbocycles. The largest absolute Gasteiger partial charge is 0.384 e. The van der Waals surface area contributed by atoms with Gasteiger partial charge in [-0.05, 0) is 43.3 Å². The lowest BCUT2D eigenvalue weighted by Gasteiger charge is -2.25. The normalized spacial score (nSPS) is 14.3. The molecule has 0 aliphatic heterocycles. The Labute approximate surface area is 142 Å². The molecule has 1 aromatic carbocycles. The number of thiophene rings is 1. The highest BCUT2D eigenvalue weighted by Gasteiger charge is 2.22.